The Kier molecular flexibility index (Phi) is 3.98. The van der Waals surface area contributed by atoms with E-state index < -0.39 is 15.6 Å². The summed E-state index contributed by atoms with van der Waals surface area (Å²) in [5.74, 6) is -0.00351. The Labute approximate surface area is 137 Å². The first-order chi connectivity index (χ1) is 10.8. The summed E-state index contributed by atoms with van der Waals surface area (Å²) in [5, 5.41) is 0. The number of benzene rings is 1. The minimum absolute atomic E-state index is 0.00351. The van der Waals surface area contributed by atoms with Gasteiger partial charge in [-0.25, -0.2) is 8.42 Å². The fourth-order valence-corrected chi connectivity index (χ4v) is 5.72. The lowest BCUT2D eigenvalue weighted by Gasteiger charge is -2.34. The van der Waals surface area contributed by atoms with Gasteiger partial charge in [-0.2, -0.15) is 4.31 Å². The van der Waals surface area contributed by atoms with Crippen LogP contribution in [-0.2, 0) is 20.4 Å². The van der Waals surface area contributed by atoms with Gasteiger partial charge in [0.2, 0.25) is 15.9 Å². The van der Waals surface area contributed by atoms with Gasteiger partial charge >= 0.3 is 0 Å². The molecule has 23 heavy (non-hydrogen) atoms. The van der Waals surface area contributed by atoms with Crippen LogP contribution in [0.5, 0.6) is 0 Å². The number of amides is 1. The van der Waals surface area contributed by atoms with Crippen LogP contribution in [0.3, 0.4) is 0 Å². The lowest BCUT2D eigenvalue weighted by atomic mass is 9.89. The second kappa shape index (κ2) is 5.58. The van der Waals surface area contributed by atoms with Gasteiger partial charge < -0.3 is 9.80 Å². The second-order valence-corrected chi connectivity index (χ2v) is 8.43. The third kappa shape index (κ3) is 2.47. The van der Waals surface area contributed by atoms with Gasteiger partial charge in [0, 0.05) is 33.1 Å². The van der Waals surface area contributed by atoms with Crippen LogP contribution in [0, 0.1) is 0 Å². The average Bonchev–Trinajstić information content (AvgIpc) is 2.99. The van der Waals surface area contributed by atoms with Crippen LogP contribution < -0.4 is 0 Å². The highest BCUT2D eigenvalue weighted by molar-refractivity contribution is 7.89. The predicted octanol–water partition coefficient (Wildman–Crippen LogP) is 0.700. The Balaban J connectivity index is 2.08. The van der Waals surface area contributed by atoms with Crippen molar-refractivity contribution >= 4 is 15.9 Å². The first kappa shape index (κ1) is 16.4. The molecule has 1 spiro atoms. The number of likely N-dealkylation sites (tertiary alicyclic amines) is 1. The van der Waals surface area contributed by atoms with E-state index in [0.717, 1.165) is 5.56 Å². The highest BCUT2D eigenvalue weighted by atomic mass is 32.2. The standard InChI is InChI=1S/C16H23N3O3S/c1-13(20)18-9-8-16(12-18)14-6-4-5-7-15(14)23(21,22)19(16)11-10-17(2)3/h4-7H,8-12H2,1-3H3. The van der Waals surface area contributed by atoms with E-state index in [1.807, 2.05) is 31.1 Å². The molecule has 1 unspecified atom stereocenters. The number of hydrogen-bond donors (Lipinski definition) is 0. The number of hydrogen-bond acceptors (Lipinski definition) is 4. The molecule has 1 atom stereocenters. The van der Waals surface area contributed by atoms with Crippen molar-refractivity contribution < 1.29 is 13.2 Å². The molecule has 0 aliphatic carbocycles. The van der Waals surface area contributed by atoms with E-state index in [-0.39, 0.29) is 5.91 Å². The zero-order valence-corrected chi connectivity index (χ0v) is 14.6. The van der Waals surface area contributed by atoms with Gasteiger partial charge in [0.15, 0.2) is 0 Å². The minimum Gasteiger partial charge on any atom is -0.341 e. The maximum absolute atomic E-state index is 13.0. The van der Waals surface area contributed by atoms with E-state index >= 15 is 0 Å². The van der Waals surface area contributed by atoms with Gasteiger partial charge in [0.1, 0.15) is 0 Å². The molecule has 1 aromatic carbocycles. The fraction of sp³-hybridized carbons (Fsp3) is 0.562. The van der Waals surface area contributed by atoms with Crippen molar-refractivity contribution in [3.63, 3.8) is 0 Å². The molecule has 2 heterocycles. The number of carbonyl (C=O) groups excluding carboxylic acids is 1. The largest absolute Gasteiger partial charge is 0.341 e. The molecule has 6 nitrogen and oxygen atoms in total. The van der Waals surface area contributed by atoms with Crippen LogP contribution in [0.1, 0.15) is 18.9 Å². The molecule has 0 aromatic heterocycles. The monoisotopic (exact) mass is 337 g/mol. The van der Waals surface area contributed by atoms with Gasteiger partial charge in [0.05, 0.1) is 10.4 Å². The molecule has 0 N–H and O–H groups in total. The number of fused-ring (bicyclic) bond motifs is 2. The van der Waals surface area contributed by atoms with Crippen molar-refractivity contribution in [2.75, 3.05) is 40.3 Å². The molecule has 2 aliphatic heterocycles. The molecule has 2 aliphatic rings. The molecule has 7 heteroatoms. The lowest BCUT2D eigenvalue weighted by molar-refractivity contribution is -0.128. The van der Waals surface area contributed by atoms with Crippen molar-refractivity contribution in [2.45, 2.75) is 23.8 Å². The topological polar surface area (TPSA) is 60.9 Å². The molecule has 0 bridgehead atoms. The summed E-state index contributed by atoms with van der Waals surface area (Å²) in [6.45, 7) is 3.65. The van der Waals surface area contributed by atoms with E-state index in [2.05, 4.69) is 0 Å². The summed E-state index contributed by atoms with van der Waals surface area (Å²) >= 11 is 0. The Hall–Kier alpha value is -1.44. The van der Waals surface area contributed by atoms with Crippen LogP contribution in [0.2, 0.25) is 0 Å². The number of nitrogens with zero attached hydrogens (tertiary/aromatic N) is 3. The Morgan fingerprint density at radius 1 is 1.30 bits per heavy atom. The fourth-order valence-electron chi connectivity index (χ4n) is 3.67. The molecular weight excluding hydrogens is 314 g/mol. The molecule has 1 fully saturated rings. The summed E-state index contributed by atoms with van der Waals surface area (Å²) in [7, 11) is 0.345. The molecule has 1 amide bonds. The van der Waals surface area contributed by atoms with Gasteiger partial charge in [-0.05, 0) is 32.1 Å². The van der Waals surface area contributed by atoms with Gasteiger partial charge in [-0.1, -0.05) is 18.2 Å². The number of likely N-dealkylation sites (N-methyl/N-ethyl adjacent to an activating group) is 1. The highest BCUT2D eigenvalue weighted by Gasteiger charge is 2.56. The van der Waals surface area contributed by atoms with Crippen molar-refractivity contribution in [1.82, 2.24) is 14.1 Å². The summed E-state index contributed by atoms with van der Waals surface area (Å²) in [4.78, 5) is 15.9. The number of sulfonamides is 1. The first-order valence-corrected chi connectivity index (χ1v) is 9.26. The van der Waals surface area contributed by atoms with Crippen LogP contribution in [-0.4, -0.2) is 68.7 Å². The summed E-state index contributed by atoms with van der Waals surface area (Å²) in [6, 6.07) is 7.21. The quantitative estimate of drug-likeness (QED) is 0.815. The highest BCUT2D eigenvalue weighted by Crippen LogP contribution is 2.49. The summed E-state index contributed by atoms with van der Waals surface area (Å²) in [6.07, 6.45) is 0.649. The lowest BCUT2D eigenvalue weighted by Crippen LogP contribution is -2.48. The number of carbonyl (C=O) groups is 1. The van der Waals surface area contributed by atoms with E-state index in [1.165, 1.54) is 0 Å². The molecule has 1 aromatic rings. The smallest absolute Gasteiger partial charge is 0.244 e. The van der Waals surface area contributed by atoms with Gasteiger partial charge in [-0.15, -0.1) is 0 Å². The minimum atomic E-state index is -3.51. The maximum Gasteiger partial charge on any atom is 0.244 e. The Morgan fingerprint density at radius 3 is 2.61 bits per heavy atom. The number of rotatable bonds is 3. The van der Waals surface area contributed by atoms with Crippen LogP contribution in [0.15, 0.2) is 29.2 Å². The molecule has 3 rings (SSSR count). The van der Waals surface area contributed by atoms with Gasteiger partial charge in [0.25, 0.3) is 0 Å². The third-order valence-electron chi connectivity index (χ3n) is 4.88. The van der Waals surface area contributed by atoms with Crippen LogP contribution >= 0.6 is 0 Å². The van der Waals surface area contributed by atoms with E-state index in [0.29, 0.717) is 37.5 Å². The second-order valence-electron chi connectivity index (χ2n) is 6.60. The van der Waals surface area contributed by atoms with E-state index in [1.54, 1.807) is 28.3 Å². The Bertz CT molecular complexity index is 732. The molecule has 1 saturated heterocycles. The molecule has 126 valence electrons. The van der Waals surface area contributed by atoms with E-state index in [4.69, 9.17) is 0 Å². The van der Waals surface area contributed by atoms with Crippen molar-refractivity contribution in [3.05, 3.63) is 29.8 Å². The van der Waals surface area contributed by atoms with Crippen molar-refractivity contribution in [3.8, 4) is 0 Å². The summed E-state index contributed by atoms with van der Waals surface area (Å²) < 4.78 is 27.7. The van der Waals surface area contributed by atoms with Crippen molar-refractivity contribution in [2.24, 2.45) is 0 Å². The zero-order valence-electron chi connectivity index (χ0n) is 13.8. The molecule has 0 radical (unpaired) electrons. The molecular formula is C16H23N3O3S. The van der Waals surface area contributed by atoms with Gasteiger partial charge in [-0.3, -0.25) is 4.79 Å². The molecule has 0 saturated carbocycles. The normalized spacial score (nSPS) is 26.2. The first-order valence-electron chi connectivity index (χ1n) is 7.82. The predicted molar refractivity (Wildman–Crippen MR) is 87.4 cm³/mol. The maximum atomic E-state index is 13.0. The van der Waals surface area contributed by atoms with Crippen LogP contribution in [0.25, 0.3) is 0 Å². The van der Waals surface area contributed by atoms with Crippen molar-refractivity contribution in [1.29, 1.82) is 0 Å². The zero-order chi connectivity index (χ0) is 16.8. The average molecular weight is 337 g/mol. The summed E-state index contributed by atoms with van der Waals surface area (Å²) in [5.41, 5.74) is 0.222. The third-order valence-corrected chi connectivity index (χ3v) is 6.90. The van der Waals surface area contributed by atoms with E-state index in [9.17, 15) is 13.2 Å². The van der Waals surface area contributed by atoms with Crippen LogP contribution in [0.4, 0.5) is 0 Å². The SMILES string of the molecule is CC(=O)N1CCC2(C1)c1ccccc1S(=O)(=O)N2CCN(C)C. The Morgan fingerprint density at radius 2 is 2.00 bits per heavy atom.